The van der Waals surface area contributed by atoms with E-state index in [2.05, 4.69) is 10.3 Å². The van der Waals surface area contributed by atoms with Crippen molar-refractivity contribution in [2.75, 3.05) is 18.2 Å². The minimum absolute atomic E-state index is 0.441. The number of nitrogens with two attached hydrogens (primary N) is 1. The number of halogens is 2. The van der Waals surface area contributed by atoms with Crippen LogP contribution in [0.2, 0.25) is 10.0 Å². The normalized spacial score (nSPS) is 10.3. The molecule has 0 fully saturated rings. The van der Waals surface area contributed by atoms with Gasteiger partial charge in [0.05, 0.1) is 28.5 Å². The topological polar surface area (TPSA) is 60.2 Å². The number of benzene rings is 1. The van der Waals surface area contributed by atoms with Crippen LogP contribution in [-0.2, 0) is 6.54 Å². The lowest BCUT2D eigenvalue weighted by Gasteiger charge is -2.10. The molecule has 0 atom stereocenters. The van der Waals surface area contributed by atoms with Crippen molar-refractivity contribution < 1.29 is 4.74 Å². The van der Waals surface area contributed by atoms with E-state index in [1.807, 2.05) is 6.07 Å². The first kappa shape index (κ1) is 13.8. The molecule has 0 amide bonds. The summed E-state index contributed by atoms with van der Waals surface area (Å²) in [6.45, 7) is 0.582. The fourth-order valence-electron chi connectivity index (χ4n) is 1.55. The molecule has 4 nitrogen and oxygen atoms in total. The van der Waals surface area contributed by atoms with E-state index in [-0.39, 0.29) is 0 Å². The van der Waals surface area contributed by atoms with Crippen LogP contribution in [0, 0.1) is 0 Å². The molecule has 0 spiro atoms. The quantitative estimate of drug-likeness (QED) is 0.847. The molecule has 100 valence electrons. The van der Waals surface area contributed by atoms with E-state index in [1.165, 1.54) is 0 Å². The number of hydrogen-bond acceptors (Lipinski definition) is 4. The van der Waals surface area contributed by atoms with Crippen LogP contribution < -0.4 is 15.8 Å². The average Bonchev–Trinajstić information content (AvgIpc) is 2.42. The van der Waals surface area contributed by atoms with E-state index >= 15 is 0 Å². The summed E-state index contributed by atoms with van der Waals surface area (Å²) in [5.74, 6) is 0.581. The van der Waals surface area contributed by atoms with Crippen LogP contribution >= 0.6 is 23.2 Å². The molecule has 0 saturated carbocycles. The third-order valence-corrected chi connectivity index (χ3v) is 3.30. The van der Waals surface area contributed by atoms with Crippen molar-refractivity contribution >= 4 is 34.6 Å². The number of hydrogen-bond donors (Lipinski definition) is 2. The number of ether oxygens (including phenoxy) is 1. The number of pyridine rings is 1. The van der Waals surface area contributed by atoms with E-state index in [9.17, 15) is 0 Å². The van der Waals surface area contributed by atoms with Crippen LogP contribution in [0.5, 0.6) is 5.88 Å². The predicted octanol–water partition coefficient (Wildman–Crippen LogP) is 3.59. The Bertz CT molecular complexity index is 573. The van der Waals surface area contributed by atoms with E-state index in [0.717, 1.165) is 11.3 Å². The fourth-order valence-corrected chi connectivity index (χ4v) is 1.88. The Labute approximate surface area is 121 Å². The van der Waals surface area contributed by atoms with Crippen LogP contribution in [-0.4, -0.2) is 12.1 Å². The third kappa shape index (κ3) is 3.43. The summed E-state index contributed by atoms with van der Waals surface area (Å²) in [5.41, 5.74) is 8.16. The summed E-state index contributed by atoms with van der Waals surface area (Å²) in [5, 5.41) is 4.09. The summed E-state index contributed by atoms with van der Waals surface area (Å²) < 4.78 is 5.00. The van der Waals surface area contributed by atoms with Gasteiger partial charge in [-0.25, -0.2) is 4.98 Å². The first-order valence-electron chi connectivity index (χ1n) is 5.57. The smallest absolute Gasteiger partial charge is 0.212 e. The van der Waals surface area contributed by atoms with Gasteiger partial charge in [-0.15, -0.1) is 0 Å². The highest BCUT2D eigenvalue weighted by Gasteiger charge is 2.05. The molecule has 0 saturated heterocycles. The highest BCUT2D eigenvalue weighted by molar-refractivity contribution is 6.42. The summed E-state index contributed by atoms with van der Waals surface area (Å²) in [6, 6.07) is 7.05. The van der Waals surface area contributed by atoms with Gasteiger partial charge in [0, 0.05) is 18.8 Å². The SMILES string of the molecule is COc1ccc(CNc2cc(Cl)c(Cl)cc2N)cn1. The number of methoxy groups -OCH3 is 1. The maximum absolute atomic E-state index is 5.95. The average molecular weight is 298 g/mol. The molecule has 3 N–H and O–H groups in total. The van der Waals surface area contributed by atoms with Gasteiger partial charge in [0.2, 0.25) is 5.88 Å². The summed E-state index contributed by atoms with van der Waals surface area (Å²) in [7, 11) is 1.58. The molecule has 0 radical (unpaired) electrons. The van der Waals surface area contributed by atoms with Gasteiger partial charge >= 0.3 is 0 Å². The molecule has 1 heterocycles. The van der Waals surface area contributed by atoms with E-state index < -0.39 is 0 Å². The van der Waals surface area contributed by atoms with Crippen molar-refractivity contribution in [2.45, 2.75) is 6.54 Å². The monoisotopic (exact) mass is 297 g/mol. The number of anilines is 2. The molecular formula is C13H13Cl2N3O. The first-order valence-corrected chi connectivity index (χ1v) is 6.33. The molecule has 6 heteroatoms. The van der Waals surface area contributed by atoms with Crippen molar-refractivity contribution in [2.24, 2.45) is 0 Å². The second-order valence-corrected chi connectivity index (χ2v) is 4.73. The Kier molecular flexibility index (Phi) is 4.35. The van der Waals surface area contributed by atoms with Gasteiger partial charge in [0.1, 0.15) is 0 Å². The molecule has 0 aliphatic heterocycles. The van der Waals surface area contributed by atoms with Crippen LogP contribution in [0.25, 0.3) is 0 Å². The van der Waals surface area contributed by atoms with Crippen molar-refractivity contribution in [1.29, 1.82) is 0 Å². The zero-order valence-corrected chi connectivity index (χ0v) is 11.8. The van der Waals surface area contributed by atoms with Gasteiger partial charge in [0.25, 0.3) is 0 Å². The molecule has 1 aromatic carbocycles. The largest absolute Gasteiger partial charge is 0.481 e. The fraction of sp³-hybridized carbons (Fsp3) is 0.154. The van der Waals surface area contributed by atoms with Gasteiger partial charge < -0.3 is 15.8 Å². The molecule has 1 aromatic heterocycles. The van der Waals surface area contributed by atoms with E-state index in [1.54, 1.807) is 31.5 Å². The maximum atomic E-state index is 5.95. The number of aromatic nitrogens is 1. The number of rotatable bonds is 4. The van der Waals surface area contributed by atoms with Crippen molar-refractivity contribution in [3.63, 3.8) is 0 Å². The Balaban J connectivity index is 2.07. The molecule has 19 heavy (non-hydrogen) atoms. The lowest BCUT2D eigenvalue weighted by molar-refractivity contribution is 0.397. The van der Waals surface area contributed by atoms with Crippen LogP contribution in [0.4, 0.5) is 11.4 Å². The maximum Gasteiger partial charge on any atom is 0.212 e. The predicted molar refractivity (Wildman–Crippen MR) is 79.0 cm³/mol. The number of nitrogens with one attached hydrogen (secondary N) is 1. The second-order valence-electron chi connectivity index (χ2n) is 3.92. The van der Waals surface area contributed by atoms with E-state index in [4.69, 9.17) is 33.7 Å². The standard InChI is InChI=1S/C13H13Cl2N3O/c1-19-13-3-2-8(7-18-13)6-17-12-5-10(15)9(14)4-11(12)16/h2-5,7,17H,6,16H2,1H3. The second kappa shape index (κ2) is 5.99. The van der Waals surface area contributed by atoms with Crippen LogP contribution in [0.15, 0.2) is 30.5 Å². The minimum atomic E-state index is 0.441. The lowest BCUT2D eigenvalue weighted by Crippen LogP contribution is -2.03. The Morgan fingerprint density at radius 1 is 1.26 bits per heavy atom. The van der Waals surface area contributed by atoms with Crippen LogP contribution in [0.3, 0.4) is 0 Å². The van der Waals surface area contributed by atoms with E-state index in [0.29, 0.717) is 28.2 Å². The molecular weight excluding hydrogens is 285 g/mol. The Hall–Kier alpha value is -1.65. The van der Waals surface area contributed by atoms with Gasteiger partial charge in [-0.2, -0.15) is 0 Å². The highest BCUT2D eigenvalue weighted by atomic mass is 35.5. The Morgan fingerprint density at radius 3 is 2.63 bits per heavy atom. The Morgan fingerprint density at radius 2 is 2.00 bits per heavy atom. The molecule has 0 aliphatic rings. The van der Waals surface area contributed by atoms with Gasteiger partial charge in [-0.1, -0.05) is 29.3 Å². The van der Waals surface area contributed by atoms with Gasteiger partial charge in [-0.3, -0.25) is 0 Å². The zero-order valence-electron chi connectivity index (χ0n) is 10.3. The zero-order chi connectivity index (χ0) is 13.8. The lowest BCUT2D eigenvalue weighted by atomic mass is 10.2. The summed E-state index contributed by atoms with van der Waals surface area (Å²) in [6.07, 6.45) is 1.74. The third-order valence-electron chi connectivity index (χ3n) is 2.58. The van der Waals surface area contributed by atoms with Crippen molar-refractivity contribution in [1.82, 2.24) is 4.98 Å². The summed E-state index contributed by atoms with van der Waals surface area (Å²) in [4.78, 5) is 4.12. The number of nitrogen functional groups attached to an aromatic ring is 1. The highest BCUT2D eigenvalue weighted by Crippen LogP contribution is 2.30. The van der Waals surface area contributed by atoms with Gasteiger partial charge in [0.15, 0.2) is 0 Å². The first-order chi connectivity index (χ1) is 9.10. The molecule has 0 unspecified atom stereocenters. The summed E-state index contributed by atoms with van der Waals surface area (Å²) >= 11 is 11.8. The molecule has 2 rings (SSSR count). The van der Waals surface area contributed by atoms with Crippen molar-refractivity contribution in [3.8, 4) is 5.88 Å². The molecule has 2 aromatic rings. The number of nitrogens with zero attached hydrogens (tertiary/aromatic N) is 1. The van der Waals surface area contributed by atoms with Crippen LogP contribution in [0.1, 0.15) is 5.56 Å². The molecule has 0 aliphatic carbocycles. The van der Waals surface area contributed by atoms with Gasteiger partial charge in [-0.05, 0) is 17.7 Å². The molecule has 0 bridgehead atoms. The van der Waals surface area contributed by atoms with Crippen molar-refractivity contribution in [3.05, 3.63) is 46.1 Å². The minimum Gasteiger partial charge on any atom is -0.481 e.